The summed E-state index contributed by atoms with van der Waals surface area (Å²) in [6.45, 7) is 3.30. The zero-order valence-electron chi connectivity index (χ0n) is 18.7. The lowest BCUT2D eigenvalue weighted by molar-refractivity contribution is 0.412. The standard InChI is InChI=1S/C24H22N8O2/c1-16-20(4-3-5-22(16)34-2)17-6-7-21-18(10-17)11-29-32(23(21)33)24-27-12-19(13-28-24)26-8-9-31-15-25-14-30-31/h3-7,10-15,26H,8-9H2,1-2H3. The first kappa shape index (κ1) is 21.3. The van der Waals surface area contributed by atoms with Crippen LogP contribution < -0.4 is 15.6 Å². The van der Waals surface area contributed by atoms with Crippen LogP contribution in [0.15, 0.2) is 72.4 Å². The highest BCUT2D eigenvalue weighted by Crippen LogP contribution is 2.31. The number of fused-ring (bicyclic) bond motifs is 1. The normalized spacial score (nSPS) is 11.0. The first-order chi connectivity index (χ1) is 16.6. The average Bonchev–Trinajstić information content (AvgIpc) is 3.38. The van der Waals surface area contributed by atoms with Crippen molar-refractivity contribution in [3.8, 4) is 22.8 Å². The van der Waals surface area contributed by atoms with Crippen LogP contribution in [-0.4, -0.2) is 48.2 Å². The van der Waals surface area contributed by atoms with E-state index in [2.05, 4.69) is 30.5 Å². The van der Waals surface area contributed by atoms with Gasteiger partial charge in [0, 0.05) is 11.9 Å². The molecule has 1 N–H and O–H groups in total. The molecule has 2 aromatic carbocycles. The van der Waals surface area contributed by atoms with Crippen LogP contribution in [0.2, 0.25) is 0 Å². The third-order valence-electron chi connectivity index (χ3n) is 5.57. The van der Waals surface area contributed by atoms with Crippen molar-refractivity contribution in [3.63, 3.8) is 0 Å². The molecule has 3 heterocycles. The van der Waals surface area contributed by atoms with E-state index < -0.39 is 0 Å². The average molecular weight is 454 g/mol. The fourth-order valence-corrected chi connectivity index (χ4v) is 3.79. The van der Waals surface area contributed by atoms with Crippen LogP contribution in [0.3, 0.4) is 0 Å². The van der Waals surface area contributed by atoms with Crippen LogP contribution in [0.25, 0.3) is 27.8 Å². The van der Waals surface area contributed by atoms with E-state index in [4.69, 9.17) is 4.74 Å². The largest absolute Gasteiger partial charge is 0.496 e. The quantitative estimate of drug-likeness (QED) is 0.399. The van der Waals surface area contributed by atoms with Crippen molar-refractivity contribution in [3.05, 3.63) is 83.6 Å². The van der Waals surface area contributed by atoms with Gasteiger partial charge in [0.05, 0.1) is 43.3 Å². The van der Waals surface area contributed by atoms with Gasteiger partial charge in [-0.05, 0) is 41.8 Å². The molecule has 0 spiro atoms. The molecule has 10 nitrogen and oxygen atoms in total. The number of hydrogen-bond donors (Lipinski definition) is 1. The number of nitrogens with zero attached hydrogens (tertiary/aromatic N) is 7. The van der Waals surface area contributed by atoms with E-state index in [1.807, 2.05) is 43.3 Å². The number of benzene rings is 2. The maximum Gasteiger partial charge on any atom is 0.282 e. The first-order valence-corrected chi connectivity index (χ1v) is 10.7. The van der Waals surface area contributed by atoms with Crippen molar-refractivity contribution in [1.29, 1.82) is 0 Å². The van der Waals surface area contributed by atoms with E-state index in [9.17, 15) is 4.79 Å². The van der Waals surface area contributed by atoms with Crippen LogP contribution in [0.1, 0.15) is 5.56 Å². The third-order valence-corrected chi connectivity index (χ3v) is 5.57. The monoisotopic (exact) mass is 454 g/mol. The molecule has 0 fully saturated rings. The molecule has 0 radical (unpaired) electrons. The Hall–Kier alpha value is -4.60. The number of anilines is 1. The minimum Gasteiger partial charge on any atom is -0.496 e. The molecular weight excluding hydrogens is 432 g/mol. The smallest absolute Gasteiger partial charge is 0.282 e. The maximum absolute atomic E-state index is 13.1. The summed E-state index contributed by atoms with van der Waals surface area (Å²) >= 11 is 0. The number of rotatable bonds is 7. The van der Waals surface area contributed by atoms with Gasteiger partial charge in [0.2, 0.25) is 0 Å². The summed E-state index contributed by atoms with van der Waals surface area (Å²) in [5.74, 6) is 1.03. The van der Waals surface area contributed by atoms with Crippen LogP contribution in [0, 0.1) is 6.92 Å². The van der Waals surface area contributed by atoms with Gasteiger partial charge in [0.1, 0.15) is 18.4 Å². The number of methoxy groups -OCH3 is 1. The van der Waals surface area contributed by atoms with Gasteiger partial charge in [-0.15, -0.1) is 0 Å². The number of aromatic nitrogens is 7. The van der Waals surface area contributed by atoms with E-state index in [0.29, 0.717) is 18.5 Å². The predicted octanol–water partition coefficient (Wildman–Crippen LogP) is 2.86. The molecule has 3 aromatic heterocycles. The molecule has 5 rings (SSSR count). The van der Waals surface area contributed by atoms with Gasteiger partial charge in [-0.25, -0.2) is 15.0 Å². The van der Waals surface area contributed by atoms with E-state index in [1.165, 1.54) is 11.0 Å². The zero-order valence-corrected chi connectivity index (χ0v) is 18.7. The molecule has 0 saturated carbocycles. The zero-order chi connectivity index (χ0) is 23.5. The summed E-state index contributed by atoms with van der Waals surface area (Å²) in [7, 11) is 1.66. The molecule has 0 aliphatic heterocycles. The molecule has 10 heteroatoms. The van der Waals surface area contributed by atoms with Crippen molar-refractivity contribution in [2.75, 3.05) is 19.0 Å². The van der Waals surface area contributed by atoms with Crippen LogP contribution in [-0.2, 0) is 6.54 Å². The highest BCUT2D eigenvalue weighted by molar-refractivity contribution is 5.87. The molecule has 0 aliphatic rings. The Bertz CT molecular complexity index is 1490. The molecule has 0 saturated heterocycles. The number of ether oxygens (including phenoxy) is 1. The van der Waals surface area contributed by atoms with Crippen LogP contribution in [0.4, 0.5) is 5.69 Å². The summed E-state index contributed by atoms with van der Waals surface area (Å²) in [6.07, 6.45) is 8.05. The summed E-state index contributed by atoms with van der Waals surface area (Å²) in [6, 6.07) is 11.6. The highest BCUT2D eigenvalue weighted by atomic mass is 16.5. The topological polar surface area (TPSA) is 113 Å². The van der Waals surface area contributed by atoms with Gasteiger partial charge >= 0.3 is 0 Å². The van der Waals surface area contributed by atoms with Gasteiger partial charge in [0.15, 0.2) is 0 Å². The van der Waals surface area contributed by atoms with Gasteiger partial charge in [-0.2, -0.15) is 14.9 Å². The summed E-state index contributed by atoms with van der Waals surface area (Å²) in [5.41, 5.74) is 3.52. The second kappa shape index (κ2) is 9.10. The van der Waals surface area contributed by atoms with Gasteiger partial charge in [0.25, 0.3) is 11.5 Å². The van der Waals surface area contributed by atoms with Crippen LogP contribution >= 0.6 is 0 Å². The Labute approximate surface area is 194 Å². The molecule has 0 atom stereocenters. The van der Waals surface area contributed by atoms with Crippen molar-refractivity contribution in [1.82, 2.24) is 34.5 Å². The fourth-order valence-electron chi connectivity index (χ4n) is 3.79. The predicted molar refractivity (Wildman–Crippen MR) is 128 cm³/mol. The molecule has 170 valence electrons. The van der Waals surface area contributed by atoms with E-state index in [-0.39, 0.29) is 11.5 Å². The molecule has 34 heavy (non-hydrogen) atoms. The van der Waals surface area contributed by atoms with Crippen molar-refractivity contribution < 1.29 is 4.74 Å². The van der Waals surface area contributed by atoms with Crippen molar-refractivity contribution in [2.24, 2.45) is 0 Å². The maximum atomic E-state index is 13.1. The van der Waals surface area contributed by atoms with E-state index in [0.717, 1.165) is 33.5 Å². The van der Waals surface area contributed by atoms with Gasteiger partial charge in [-0.3, -0.25) is 9.48 Å². The second-order valence-corrected chi connectivity index (χ2v) is 7.65. The minimum atomic E-state index is -0.279. The Kier molecular flexibility index (Phi) is 5.69. The lowest BCUT2D eigenvalue weighted by Crippen LogP contribution is -2.23. The third kappa shape index (κ3) is 4.08. The molecule has 0 aliphatic carbocycles. The highest BCUT2D eigenvalue weighted by Gasteiger charge is 2.12. The lowest BCUT2D eigenvalue weighted by atomic mass is 9.98. The Balaban J connectivity index is 1.39. The SMILES string of the molecule is COc1cccc(-c2ccc3c(=O)n(-c4ncc(NCCn5cncn5)cn4)ncc3c2)c1C. The Morgan fingerprint density at radius 1 is 1.06 bits per heavy atom. The van der Waals surface area contributed by atoms with Gasteiger partial charge < -0.3 is 10.1 Å². The molecular formula is C24H22N8O2. The lowest BCUT2D eigenvalue weighted by Gasteiger charge is -2.11. The fraction of sp³-hybridized carbons (Fsp3) is 0.167. The second-order valence-electron chi connectivity index (χ2n) is 7.65. The van der Waals surface area contributed by atoms with E-state index >= 15 is 0 Å². The van der Waals surface area contributed by atoms with Gasteiger partial charge in [-0.1, -0.05) is 18.2 Å². The van der Waals surface area contributed by atoms with Crippen molar-refractivity contribution in [2.45, 2.75) is 13.5 Å². The summed E-state index contributed by atoms with van der Waals surface area (Å²) < 4.78 is 8.37. The Morgan fingerprint density at radius 3 is 2.68 bits per heavy atom. The molecule has 0 amide bonds. The minimum absolute atomic E-state index is 0.210. The molecule has 5 aromatic rings. The number of hydrogen-bond acceptors (Lipinski definition) is 8. The first-order valence-electron chi connectivity index (χ1n) is 10.7. The molecule has 0 unspecified atom stereocenters. The summed E-state index contributed by atoms with van der Waals surface area (Å²) in [4.78, 5) is 25.6. The Morgan fingerprint density at radius 2 is 1.91 bits per heavy atom. The van der Waals surface area contributed by atoms with Crippen LogP contribution in [0.5, 0.6) is 5.75 Å². The van der Waals surface area contributed by atoms with Crippen molar-refractivity contribution >= 4 is 16.5 Å². The number of nitrogens with one attached hydrogen (secondary N) is 1. The van der Waals surface area contributed by atoms with E-state index in [1.54, 1.807) is 36.7 Å². The molecule has 0 bridgehead atoms. The summed E-state index contributed by atoms with van der Waals surface area (Å²) in [5, 5.41) is 12.9.